The number of thiophene rings is 1. The molecule has 530 valence electrons. The predicted octanol–water partition coefficient (Wildman–Crippen LogP) is 29.9. The smallest absolute Gasteiger partial charge is 0.143 e. The van der Waals surface area contributed by atoms with Gasteiger partial charge in [-0.25, -0.2) is 0 Å². The molecule has 0 saturated carbocycles. The monoisotopic (exact) mass is 1460 g/mol. The highest BCUT2D eigenvalue weighted by atomic mass is 32.1. The quantitative estimate of drug-likeness (QED) is 0.129. The Labute approximate surface area is 665 Å². The standard InChI is InChI=1S/C110H68N2OS/c1-2-25-69(26-3-1)70-51-56-75(57-52-70)112(78-61-64-86-84-34-9-18-47-100(84)110(102(86)68-78)97-44-15-6-31-81(97)82-32-7-16-45-98(82)110)104-49-20-11-36-88(104)93-40-24-41-94-90-62-55-74(66-106(90)114-108(93)94)73-28-22-27-72(65-73)71-53-58-76(59-54-71)111(103-48-19-10-35-87(103)91-38-23-39-92-89-37-12-21-50-105(89)113-107(91)92)77-60-63-85-83-33-8-17-46-99(83)109(101(85)67-77)95-42-13-4-29-79(95)80-30-5-14-43-96(80)109/h1-68H. The van der Waals surface area contributed by atoms with Crippen LogP contribution in [0.4, 0.5) is 34.1 Å². The maximum atomic E-state index is 6.84. The van der Waals surface area contributed by atoms with Crippen LogP contribution in [0.25, 0.3) is 142 Å². The van der Waals surface area contributed by atoms with E-state index < -0.39 is 10.8 Å². The van der Waals surface area contributed by atoms with Gasteiger partial charge in [-0.1, -0.05) is 334 Å². The first-order valence-electron chi connectivity index (χ1n) is 39.4. The highest BCUT2D eigenvalue weighted by Gasteiger charge is 2.53. The van der Waals surface area contributed by atoms with E-state index in [-0.39, 0.29) is 0 Å². The lowest BCUT2D eigenvalue weighted by atomic mass is 9.70. The van der Waals surface area contributed by atoms with E-state index in [0.29, 0.717) is 0 Å². The van der Waals surface area contributed by atoms with E-state index in [1.807, 2.05) is 11.3 Å². The third-order valence-electron chi connectivity index (χ3n) is 25.1. The Morgan fingerprint density at radius 1 is 0.202 bits per heavy atom. The van der Waals surface area contributed by atoms with Gasteiger partial charge in [-0.3, -0.25) is 0 Å². The van der Waals surface area contributed by atoms with Crippen LogP contribution in [-0.2, 0) is 10.8 Å². The SMILES string of the molecule is c1ccc(-c2ccc(N(c3ccc4c(c3)C3(c5ccccc5-c5ccccc53)c3ccccc3-4)c3ccccc3-c3cccc4c3sc3cc(-c5cccc(-c6ccc(N(c7ccc8c(c7)C7(c9ccccc9-c9ccccc97)c7ccccc7-8)c7ccccc7-c7cccc8c7oc7ccccc78)cc6)c5)ccc34)cc2)cc1. The molecule has 3 nitrogen and oxygen atoms in total. The van der Waals surface area contributed by atoms with Gasteiger partial charge in [0.1, 0.15) is 11.2 Å². The first-order valence-corrected chi connectivity index (χ1v) is 40.2. The summed E-state index contributed by atoms with van der Waals surface area (Å²) in [5.41, 5.74) is 39.5. The Morgan fingerprint density at radius 2 is 0.544 bits per heavy atom. The maximum Gasteiger partial charge on any atom is 0.143 e. The van der Waals surface area contributed by atoms with Crippen LogP contribution in [0.2, 0.25) is 0 Å². The highest BCUT2D eigenvalue weighted by Crippen LogP contribution is 2.66. The van der Waals surface area contributed by atoms with Gasteiger partial charge in [0.05, 0.1) is 22.2 Å². The number of nitrogens with zero attached hydrogens (tertiary/aromatic N) is 2. The zero-order chi connectivity index (χ0) is 74.7. The Balaban J connectivity index is 0.611. The molecule has 0 saturated heterocycles. The van der Waals surface area contributed by atoms with Crippen molar-refractivity contribution in [1.29, 1.82) is 0 Å². The molecule has 0 radical (unpaired) electrons. The van der Waals surface area contributed by atoms with Crippen molar-refractivity contribution in [2.45, 2.75) is 10.8 Å². The second kappa shape index (κ2) is 25.0. The van der Waals surface area contributed by atoms with Crippen molar-refractivity contribution in [2.75, 3.05) is 9.80 Å². The number of hydrogen-bond acceptors (Lipinski definition) is 4. The fourth-order valence-electron chi connectivity index (χ4n) is 20.4. The van der Waals surface area contributed by atoms with Gasteiger partial charge in [-0.05, 0) is 201 Å². The van der Waals surface area contributed by atoms with Crippen molar-refractivity contribution < 1.29 is 4.42 Å². The van der Waals surface area contributed by atoms with Crippen molar-refractivity contribution in [2.24, 2.45) is 0 Å². The number of rotatable bonds is 11. The number of hydrogen-bond donors (Lipinski definition) is 0. The molecule has 0 N–H and O–H groups in total. The molecule has 0 aliphatic heterocycles. The summed E-state index contributed by atoms with van der Waals surface area (Å²) in [7, 11) is 0. The Kier molecular flexibility index (Phi) is 14.2. The first kappa shape index (κ1) is 64.4. The van der Waals surface area contributed by atoms with Crippen molar-refractivity contribution in [3.8, 4) is 100 Å². The topological polar surface area (TPSA) is 19.6 Å². The minimum atomic E-state index is -0.519. The Bertz CT molecular complexity index is 7260. The summed E-state index contributed by atoms with van der Waals surface area (Å²) in [5.74, 6) is 0. The molecule has 4 aliphatic carbocycles. The van der Waals surface area contributed by atoms with Crippen LogP contribution in [-0.4, -0.2) is 0 Å². The molecule has 18 aromatic carbocycles. The van der Waals surface area contributed by atoms with Crippen molar-refractivity contribution in [3.05, 3.63) is 457 Å². The third kappa shape index (κ3) is 9.26. The highest BCUT2D eigenvalue weighted by molar-refractivity contribution is 7.26. The van der Waals surface area contributed by atoms with Crippen LogP contribution in [0.5, 0.6) is 0 Å². The molecule has 0 unspecified atom stereocenters. The van der Waals surface area contributed by atoms with E-state index in [1.54, 1.807) is 0 Å². The molecule has 0 amide bonds. The largest absolute Gasteiger partial charge is 0.455 e. The fraction of sp³-hybridized carbons (Fsp3) is 0.0182. The second-order valence-corrected chi connectivity index (χ2v) is 31.8. The average Bonchev–Trinajstić information content (AvgIpc) is 1.51. The lowest BCUT2D eigenvalue weighted by molar-refractivity contribution is 0.670. The lowest BCUT2D eigenvalue weighted by Crippen LogP contribution is -2.26. The van der Waals surface area contributed by atoms with E-state index in [2.05, 4.69) is 422 Å². The van der Waals surface area contributed by atoms with E-state index in [9.17, 15) is 0 Å². The van der Waals surface area contributed by atoms with E-state index in [1.165, 1.54) is 131 Å². The van der Waals surface area contributed by atoms with Gasteiger partial charge in [0, 0.05) is 75.9 Å². The molecular formula is C110H68N2OS. The van der Waals surface area contributed by atoms with Gasteiger partial charge in [0.15, 0.2) is 0 Å². The van der Waals surface area contributed by atoms with Gasteiger partial charge < -0.3 is 14.2 Å². The number of benzene rings is 18. The summed E-state index contributed by atoms with van der Waals surface area (Å²) < 4.78 is 9.35. The van der Waals surface area contributed by atoms with Gasteiger partial charge in [-0.2, -0.15) is 0 Å². The summed E-state index contributed by atoms with van der Waals surface area (Å²) in [6.45, 7) is 0. The summed E-state index contributed by atoms with van der Waals surface area (Å²) >= 11 is 1.89. The van der Waals surface area contributed by atoms with Gasteiger partial charge >= 0.3 is 0 Å². The minimum absolute atomic E-state index is 0.499. The molecule has 2 aromatic heterocycles. The van der Waals surface area contributed by atoms with Crippen LogP contribution < -0.4 is 9.80 Å². The van der Waals surface area contributed by atoms with Crippen LogP contribution in [0.15, 0.2) is 417 Å². The molecule has 114 heavy (non-hydrogen) atoms. The van der Waals surface area contributed by atoms with E-state index in [0.717, 1.165) is 89.4 Å². The zero-order valence-electron chi connectivity index (χ0n) is 62.0. The summed E-state index contributed by atoms with van der Waals surface area (Å²) in [5, 5.41) is 4.71. The number of furan rings is 1. The molecule has 0 bridgehead atoms. The molecule has 4 heteroatoms. The Morgan fingerprint density at radius 3 is 1.06 bits per heavy atom. The van der Waals surface area contributed by atoms with Gasteiger partial charge in [-0.15, -0.1) is 11.3 Å². The van der Waals surface area contributed by atoms with Crippen LogP contribution in [0, 0.1) is 0 Å². The van der Waals surface area contributed by atoms with Crippen LogP contribution in [0.1, 0.15) is 44.5 Å². The van der Waals surface area contributed by atoms with Gasteiger partial charge in [0.25, 0.3) is 0 Å². The van der Waals surface area contributed by atoms with Crippen molar-refractivity contribution in [3.63, 3.8) is 0 Å². The zero-order valence-corrected chi connectivity index (χ0v) is 62.8. The first-order chi connectivity index (χ1) is 56.5. The van der Waals surface area contributed by atoms with E-state index >= 15 is 0 Å². The van der Waals surface area contributed by atoms with E-state index in [4.69, 9.17) is 4.42 Å². The summed E-state index contributed by atoms with van der Waals surface area (Å²) in [6.07, 6.45) is 0. The predicted molar refractivity (Wildman–Crippen MR) is 476 cm³/mol. The molecule has 4 aliphatic rings. The molecular weight excluding hydrogens is 1400 g/mol. The number of anilines is 6. The lowest BCUT2D eigenvalue weighted by Gasteiger charge is -2.32. The normalized spacial score (nSPS) is 13.2. The summed E-state index contributed by atoms with van der Waals surface area (Å²) in [6, 6.07) is 154. The summed E-state index contributed by atoms with van der Waals surface area (Å²) in [4.78, 5) is 4.98. The molecule has 20 aromatic rings. The second-order valence-electron chi connectivity index (χ2n) is 30.8. The molecule has 2 heterocycles. The third-order valence-corrected chi connectivity index (χ3v) is 26.3. The average molecular weight is 1470 g/mol. The molecule has 0 atom stereocenters. The van der Waals surface area contributed by atoms with Crippen LogP contribution in [0.3, 0.4) is 0 Å². The molecule has 2 spiro atoms. The van der Waals surface area contributed by atoms with Crippen molar-refractivity contribution >= 4 is 87.6 Å². The molecule has 24 rings (SSSR count). The maximum absolute atomic E-state index is 6.84. The van der Waals surface area contributed by atoms with Crippen LogP contribution >= 0.6 is 11.3 Å². The van der Waals surface area contributed by atoms with Crippen molar-refractivity contribution in [1.82, 2.24) is 0 Å². The minimum Gasteiger partial charge on any atom is -0.455 e. The van der Waals surface area contributed by atoms with Gasteiger partial charge in [0.2, 0.25) is 0 Å². The number of para-hydroxylation sites is 4. The fourth-order valence-corrected chi connectivity index (χ4v) is 21.6. The number of fused-ring (bicyclic) bond motifs is 26. The molecule has 0 fully saturated rings. The Hall–Kier alpha value is -14.4.